The maximum atomic E-state index is 3.51. The predicted octanol–water partition coefficient (Wildman–Crippen LogP) is 4.80. The highest BCUT2D eigenvalue weighted by Gasteiger charge is 2.20. The average molecular weight is 257 g/mol. The van der Waals surface area contributed by atoms with E-state index in [2.05, 4.69) is 30.4 Å². The number of nitrogens with one attached hydrogen (secondary N) is 1. The number of aryl methyl sites for hydroxylation is 1. The maximum absolute atomic E-state index is 3.51. The summed E-state index contributed by atoms with van der Waals surface area (Å²) in [5.74, 6) is 1.96. The van der Waals surface area contributed by atoms with Gasteiger partial charge in [-0.1, -0.05) is 38.3 Å². The monoisotopic (exact) mass is 257 g/mol. The summed E-state index contributed by atoms with van der Waals surface area (Å²) < 4.78 is 0. The Morgan fingerprint density at radius 2 is 1.89 bits per heavy atom. The van der Waals surface area contributed by atoms with Gasteiger partial charge in [0.05, 0.1) is 0 Å². The van der Waals surface area contributed by atoms with Gasteiger partial charge in [-0.05, 0) is 61.1 Å². The largest absolute Gasteiger partial charge is 0.385 e. The molecule has 0 spiro atoms. The van der Waals surface area contributed by atoms with Crippen LogP contribution >= 0.6 is 0 Å². The lowest BCUT2D eigenvalue weighted by molar-refractivity contribution is 0.268. The summed E-state index contributed by atoms with van der Waals surface area (Å²) in [6, 6.07) is 7.12. The number of benzene rings is 1. The predicted molar refractivity (Wildman–Crippen MR) is 82.7 cm³/mol. The molecule has 3 rings (SSSR count). The van der Waals surface area contributed by atoms with Gasteiger partial charge in [0.1, 0.15) is 0 Å². The molecule has 1 N–H and O–H groups in total. The topological polar surface area (TPSA) is 12.0 Å². The molecule has 0 saturated heterocycles. The molecule has 1 aliphatic carbocycles. The highest BCUT2D eigenvalue weighted by Crippen LogP contribution is 2.33. The number of hydrogen-bond donors (Lipinski definition) is 1. The quantitative estimate of drug-likeness (QED) is 0.820. The van der Waals surface area contributed by atoms with Crippen LogP contribution in [-0.2, 0) is 12.8 Å². The lowest BCUT2D eigenvalue weighted by Crippen LogP contribution is -2.16. The summed E-state index contributed by atoms with van der Waals surface area (Å²) >= 11 is 0. The van der Waals surface area contributed by atoms with Gasteiger partial charge >= 0.3 is 0 Å². The minimum absolute atomic E-state index is 0.942. The Hall–Kier alpha value is -0.980. The van der Waals surface area contributed by atoms with Crippen LogP contribution in [0.25, 0.3) is 0 Å². The molecule has 2 aliphatic rings. The Morgan fingerprint density at radius 1 is 1.11 bits per heavy atom. The van der Waals surface area contributed by atoms with Crippen LogP contribution < -0.4 is 5.32 Å². The minimum Gasteiger partial charge on any atom is -0.385 e. The molecular formula is C18H27N. The first-order chi connectivity index (χ1) is 9.35. The molecule has 19 heavy (non-hydrogen) atoms. The molecule has 1 aromatic carbocycles. The summed E-state index contributed by atoms with van der Waals surface area (Å²) in [6.07, 6.45) is 11.1. The van der Waals surface area contributed by atoms with E-state index in [1.807, 2.05) is 0 Å². The standard InChI is InChI=1S/C18H27N/c1-2-14-5-7-15(8-6-14)12-16-9-10-18-17(13-16)4-3-11-19-18/h9-10,13-15,19H,2-8,11-12H2,1H3. The highest BCUT2D eigenvalue weighted by atomic mass is 14.9. The van der Waals surface area contributed by atoms with Crippen molar-refractivity contribution in [2.45, 2.75) is 58.3 Å². The normalized spacial score (nSPS) is 26.6. The van der Waals surface area contributed by atoms with Crippen molar-refractivity contribution < 1.29 is 0 Å². The first-order valence-corrected chi connectivity index (χ1v) is 8.21. The third-order valence-electron chi connectivity index (χ3n) is 5.18. The van der Waals surface area contributed by atoms with Crippen LogP contribution in [0.4, 0.5) is 5.69 Å². The second kappa shape index (κ2) is 5.98. The zero-order valence-electron chi connectivity index (χ0n) is 12.3. The van der Waals surface area contributed by atoms with Crippen molar-refractivity contribution in [2.75, 3.05) is 11.9 Å². The zero-order chi connectivity index (χ0) is 13.1. The van der Waals surface area contributed by atoms with Gasteiger partial charge in [0.2, 0.25) is 0 Å². The van der Waals surface area contributed by atoms with Crippen LogP contribution in [0.2, 0.25) is 0 Å². The molecule has 0 aromatic heterocycles. The molecule has 1 heteroatoms. The molecule has 1 saturated carbocycles. The minimum atomic E-state index is 0.942. The van der Waals surface area contributed by atoms with Crippen LogP contribution in [0.1, 0.15) is 56.6 Å². The zero-order valence-corrected chi connectivity index (χ0v) is 12.3. The van der Waals surface area contributed by atoms with E-state index in [9.17, 15) is 0 Å². The van der Waals surface area contributed by atoms with E-state index in [1.54, 1.807) is 11.1 Å². The van der Waals surface area contributed by atoms with Crippen molar-refractivity contribution in [1.82, 2.24) is 0 Å². The first-order valence-electron chi connectivity index (χ1n) is 8.21. The fourth-order valence-electron chi connectivity index (χ4n) is 3.83. The Morgan fingerprint density at radius 3 is 2.68 bits per heavy atom. The molecule has 0 atom stereocenters. The van der Waals surface area contributed by atoms with Crippen LogP contribution in [0, 0.1) is 11.8 Å². The number of rotatable bonds is 3. The fourth-order valence-corrected chi connectivity index (χ4v) is 3.83. The van der Waals surface area contributed by atoms with Gasteiger partial charge in [-0.25, -0.2) is 0 Å². The smallest absolute Gasteiger partial charge is 0.0372 e. The van der Waals surface area contributed by atoms with Gasteiger partial charge in [-0.3, -0.25) is 0 Å². The van der Waals surface area contributed by atoms with E-state index in [-0.39, 0.29) is 0 Å². The summed E-state index contributed by atoms with van der Waals surface area (Å²) in [4.78, 5) is 0. The third-order valence-corrected chi connectivity index (χ3v) is 5.18. The first kappa shape index (κ1) is 13.0. The van der Waals surface area contributed by atoms with Gasteiger partial charge < -0.3 is 5.32 Å². The molecule has 0 radical (unpaired) electrons. The van der Waals surface area contributed by atoms with E-state index >= 15 is 0 Å². The summed E-state index contributed by atoms with van der Waals surface area (Å²) in [5, 5.41) is 3.51. The van der Waals surface area contributed by atoms with Crippen molar-refractivity contribution in [3.8, 4) is 0 Å². The van der Waals surface area contributed by atoms with Gasteiger partial charge in [-0.15, -0.1) is 0 Å². The molecule has 1 fully saturated rings. The molecule has 1 nitrogen and oxygen atoms in total. The van der Waals surface area contributed by atoms with Gasteiger partial charge in [0.25, 0.3) is 0 Å². The number of anilines is 1. The molecule has 0 unspecified atom stereocenters. The van der Waals surface area contributed by atoms with Crippen molar-refractivity contribution in [2.24, 2.45) is 11.8 Å². The average Bonchev–Trinajstić information content (AvgIpc) is 2.48. The Kier molecular flexibility index (Phi) is 4.10. The SMILES string of the molecule is CCC1CCC(Cc2ccc3c(c2)CCCN3)CC1. The van der Waals surface area contributed by atoms with E-state index in [1.165, 1.54) is 57.1 Å². The summed E-state index contributed by atoms with van der Waals surface area (Å²) in [6.45, 7) is 3.49. The third kappa shape index (κ3) is 3.13. The van der Waals surface area contributed by atoms with Gasteiger partial charge in [0.15, 0.2) is 0 Å². The van der Waals surface area contributed by atoms with Crippen molar-refractivity contribution in [1.29, 1.82) is 0 Å². The van der Waals surface area contributed by atoms with Gasteiger partial charge in [-0.2, -0.15) is 0 Å². The van der Waals surface area contributed by atoms with Crippen molar-refractivity contribution in [3.63, 3.8) is 0 Å². The van der Waals surface area contributed by atoms with Crippen molar-refractivity contribution in [3.05, 3.63) is 29.3 Å². The highest BCUT2D eigenvalue weighted by molar-refractivity contribution is 5.54. The molecular weight excluding hydrogens is 230 g/mol. The molecule has 104 valence electrons. The van der Waals surface area contributed by atoms with Crippen LogP contribution in [-0.4, -0.2) is 6.54 Å². The van der Waals surface area contributed by atoms with E-state index in [0.29, 0.717) is 0 Å². The molecule has 0 bridgehead atoms. The fraction of sp³-hybridized carbons (Fsp3) is 0.667. The molecule has 1 aromatic rings. The second-order valence-electron chi connectivity index (χ2n) is 6.52. The van der Waals surface area contributed by atoms with Crippen molar-refractivity contribution >= 4 is 5.69 Å². The lowest BCUT2D eigenvalue weighted by atomic mass is 9.78. The summed E-state index contributed by atoms with van der Waals surface area (Å²) in [7, 11) is 0. The lowest BCUT2D eigenvalue weighted by Gasteiger charge is -2.28. The van der Waals surface area contributed by atoms with E-state index in [4.69, 9.17) is 0 Å². The van der Waals surface area contributed by atoms with Crippen LogP contribution in [0.5, 0.6) is 0 Å². The van der Waals surface area contributed by atoms with E-state index < -0.39 is 0 Å². The second-order valence-corrected chi connectivity index (χ2v) is 6.52. The molecule has 0 amide bonds. The van der Waals surface area contributed by atoms with Crippen LogP contribution in [0.15, 0.2) is 18.2 Å². The Balaban J connectivity index is 1.61. The van der Waals surface area contributed by atoms with Crippen LogP contribution in [0.3, 0.4) is 0 Å². The van der Waals surface area contributed by atoms with E-state index in [0.717, 1.165) is 18.4 Å². The number of hydrogen-bond acceptors (Lipinski definition) is 1. The Labute approximate surface area is 117 Å². The molecule has 1 aliphatic heterocycles. The Bertz CT molecular complexity index is 416. The van der Waals surface area contributed by atoms with Gasteiger partial charge in [0, 0.05) is 12.2 Å². The number of fused-ring (bicyclic) bond motifs is 1. The maximum Gasteiger partial charge on any atom is 0.0372 e. The molecule has 1 heterocycles. The summed E-state index contributed by atoms with van der Waals surface area (Å²) in [5.41, 5.74) is 4.50.